The van der Waals surface area contributed by atoms with Crippen LogP contribution < -0.4 is 15.5 Å². The lowest BCUT2D eigenvalue weighted by Crippen LogP contribution is -2.22. The molecule has 5 rings (SSSR count). The molecular formula is C29H26F3N5O. The molecule has 0 saturated carbocycles. The van der Waals surface area contributed by atoms with Crippen LogP contribution in [0.15, 0.2) is 79.3 Å². The van der Waals surface area contributed by atoms with Gasteiger partial charge in [0.2, 0.25) is 0 Å². The van der Waals surface area contributed by atoms with Crippen LogP contribution in [0.4, 0.5) is 36.1 Å². The third-order valence-electron chi connectivity index (χ3n) is 6.54. The highest BCUT2D eigenvalue weighted by Crippen LogP contribution is 2.37. The number of hydrogen-bond acceptors (Lipinski definition) is 5. The van der Waals surface area contributed by atoms with Crippen molar-refractivity contribution < 1.29 is 18.0 Å². The van der Waals surface area contributed by atoms with Crippen LogP contribution in [-0.4, -0.2) is 29.0 Å². The molecule has 38 heavy (non-hydrogen) atoms. The van der Waals surface area contributed by atoms with Gasteiger partial charge >= 0.3 is 6.18 Å². The van der Waals surface area contributed by atoms with E-state index in [1.165, 1.54) is 6.07 Å². The lowest BCUT2D eigenvalue weighted by Gasteiger charge is -2.23. The topological polar surface area (TPSA) is 70.2 Å². The summed E-state index contributed by atoms with van der Waals surface area (Å²) in [5.41, 5.74) is 3.66. The van der Waals surface area contributed by atoms with Crippen molar-refractivity contribution in [3.05, 3.63) is 95.9 Å². The first kappa shape index (κ1) is 25.3. The van der Waals surface area contributed by atoms with Crippen LogP contribution in [0.5, 0.6) is 0 Å². The number of nitrogens with zero attached hydrogens (tertiary/aromatic N) is 3. The van der Waals surface area contributed by atoms with Crippen LogP contribution in [0.2, 0.25) is 0 Å². The van der Waals surface area contributed by atoms with Gasteiger partial charge < -0.3 is 15.5 Å². The Balaban J connectivity index is 1.40. The number of aromatic nitrogens is 2. The molecule has 2 aromatic heterocycles. The molecule has 0 atom stereocenters. The number of aryl methyl sites for hydroxylation is 1. The molecule has 2 N–H and O–H groups in total. The molecule has 0 aliphatic carbocycles. The maximum absolute atomic E-state index is 13.4. The van der Waals surface area contributed by atoms with E-state index in [9.17, 15) is 18.0 Å². The number of carbonyl (C=O) groups excluding carboxylic acids is 1. The molecule has 1 saturated heterocycles. The maximum Gasteiger partial charge on any atom is 0.416 e. The Bertz CT molecular complexity index is 1450. The molecule has 0 unspecified atom stereocenters. The summed E-state index contributed by atoms with van der Waals surface area (Å²) in [6.07, 6.45) is 2.55. The van der Waals surface area contributed by atoms with Gasteiger partial charge in [-0.25, -0.2) is 4.98 Å². The second-order valence-electron chi connectivity index (χ2n) is 9.20. The zero-order chi connectivity index (χ0) is 26.7. The Labute approximate surface area is 218 Å². The Morgan fingerprint density at radius 2 is 1.74 bits per heavy atom. The van der Waals surface area contributed by atoms with Crippen molar-refractivity contribution in [3.63, 3.8) is 0 Å². The van der Waals surface area contributed by atoms with Gasteiger partial charge in [0.1, 0.15) is 5.82 Å². The number of pyridine rings is 2. The van der Waals surface area contributed by atoms with E-state index in [0.29, 0.717) is 22.8 Å². The van der Waals surface area contributed by atoms with Crippen molar-refractivity contribution in [2.45, 2.75) is 25.9 Å². The van der Waals surface area contributed by atoms with E-state index >= 15 is 0 Å². The van der Waals surface area contributed by atoms with Crippen molar-refractivity contribution in [3.8, 4) is 11.1 Å². The van der Waals surface area contributed by atoms with Crippen LogP contribution in [0, 0.1) is 6.92 Å². The molecule has 6 nitrogen and oxygen atoms in total. The van der Waals surface area contributed by atoms with Gasteiger partial charge in [0, 0.05) is 48.5 Å². The lowest BCUT2D eigenvalue weighted by molar-refractivity contribution is -0.137. The summed E-state index contributed by atoms with van der Waals surface area (Å²) in [5, 5.41) is 5.98. The van der Waals surface area contributed by atoms with Crippen LogP contribution in [0.3, 0.4) is 0 Å². The standard InChI is InChI=1S/C29H26F3N5O/c1-19-6-7-21(15-24(19)35-27-16-20(10-12-34-27)22-5-4-11-33-18-22)28(38)36-25-17-23(29(30,31)32)8-9-26(25)37-13-2-3-14-37/h4-12,15-18H,2-3,13-14H2,1H3,(H,34,35)(H,36,38). The third kappa shape index (κ3) is 5.61. The Morgan fingerprint density at radius 1 is 0.921 bits per heavy atom. The Morgan fingerprint density at radius 3 is 2.47 bits per heavy atom. The van der Waals surface area contributed by atoms with Crippen molar-refractivity contribution in [1.82, 2.24) is 9.97 Å². The van der Waals surface area contributed by atoms with E-state index in [2.05, 4.69) is 20.6 Å². The molecule has 1 amide bonds. The third-order valence-corrected chi connectivity index (χ3v) is 6.54. The van der Waals surface area contributed by atoms with Gasteiger partial charge in [-0.1, -0.05) is 12.1 Å². The summed E-state index contributed by atoms with van der Waals surface area (Å²) in [6, 6.07) is 16.2. The smallest absolute Gasteiger partial charge is 0.370 e. The summed E-state index contributed by atoms with van der Waals surface area (Å²) >= 11 is 0. The highest BCUT2D eigenvalue weighted by molar-refractivity contribution is 6.06. The maximum atomic E-state index is 13.4. The first-order chi connectivity index (χ1) is 18.3. The average molecular weight is 518 g/mol. The molecule has 1 fully saturated rings. The first-order valence-electron chi connectivity index (χ1n) is 12.3. The number of nitrogens with one attached hydrogen (secondary N) is 2. The number of amides is 1. The molecule has 1 aliphatic rings. The molecule has 0 radical (unpaired) electrons. The highest BCUT2D eigenvalue weighted by Gasteiger charge is 2.32. The molecule has 4 aromatic rings. The largest absolute Gasteiger partial charge is 0.416 e. The van der Waals surface area contributed by atoms with Crippen LogP contribution in [-0.2, 0) is 6.18 Å². The quantitative estimate of drug-likeness (QED) is 0.286. The molecular weight excluding hydrogens is 491 g/mol. The number of anilines is 4. The van der Waals surface area contributed by atoms with Crippen molar-refractivity contribution in [2.75, 3.05) is 28.6 Å². The predicted molar refractivity (Wildman–Crippen MR) is 143 cm³/mol. The van der Waals surface area contributed by atoms with Gasteiger partial charge in [0.05, 0.1) is 16.9 Å². The van der Waals surface area contributed by atoms with E-state index in [4.69, 9.17) is 0 Å². The van der Waals surface area contributed by atoms with Crippen molar-refractivity contribution >= 4 is 28.8 Å². The van der Waals surface area contributed by atoms with E-state index in [1.807, 2.05) is 36.1 Å². The summed E-state index contributed by atoms with van der Waals surface area (Å²) in [7, 11) is 0. The fourth-order valence-corrected chi connectivity index (χ4v) is 4.49. The number of carbonyl (C=O) groups is 1. The molecule has 194 valence electrons. The van der Waals surface area contributed by atoms with Crippen molar-refractivity contribution in [1.29, 1.82) is 0 Å². The summed E-state index contributed by atoms with van der Waals surface area (Å²) < 4.78 is 40.3. The lowest BCUT2D eigenvalue weighted by atomic mass is 10.1. The van der Waals surface area contributed by atoms with Crippen LogP contribution in [0.25, 0.3) is 11.1 Å². The zero-order valence-corrected chi connectivity index (χ0v) is 20.7. The van der Waals surface area contributed by atoms with Gasteiger partial charge in [0.15, 0.2) is 0 Å². The molecule has 0 spiro atoms. The van der Waals surface area contributed by atoms with E-state index < -0.39 is 17.6 Å². The minimum atomic E-state index is -4.51. The van der Waals surface area contributed by atoms with Crippen LogP contribution >= 0.6 is 0 Å². The van der Waals surface area contributed by atoms with Gasteiger partial charge in [-0.15, -0.1) is 0 Å². The minimum Gasteiger partial charge on any atom is -0.370 e. The monoisotopic (exact) mass is 517 g/mol. The van der Waals surface area contributed by atoms with E-state index in [1.54, 1.807) is 36.8 Å². The Hall–Kier alpha value is -4.40. The zero-order valence-electron chi connectivity index (χ0n) is 20.7. The summed E-state index contributed by atoms with van der Waals surface area (Å²) in [5.74, 6) is 0.0890. The van der Waals surface area contributed by atoms with Gasteiger partial charge in [-0.3, -0.25) is 9.78 Å². The summed E-state index contributed by atoms with van der Waals surface area (Å²) in [4.78, 5) is 23.8. The van der Waals surface area contributed by atoms with Crippen molar-refractivity contribution in [2.24, 2.45) is 0 Å². The Kier molecular flexibility index (Phi) is 7.00. The minimum absolute atomic E-state index is 0.146. The van der Waals surface area contributed by atoms with Gasteiger partial charge in [0.25, 0.3) is 5.91 Å². The summed E-state index contributed by atoms with van der Waals surface area (Å²) in [6.45, 7) is 3.36. The number of alkyl halides is 3. The average Bonchev–Trinajstić information content (AvgIpc) is 3.45. The molecule has 3 heterocycles. The second-order valence-corrected chi connectivity index (χ2v) is 9.20. The van der Waals surface area contributed by atoms with Gasteiger partial charge in [-0.2, -0.15) is 13.2 Å². The second kappa shape index (κ2) is 10.5. The first-order valence-corrected chi connectivity index (χ1v) is 12.3. The van der Waals surface area contributed by atoms with E-state index in [-0.39, 0.29) is 5.69 Å². The predicted octanol–water partition coefficient (Wildman–Crippen LogP) is 7.07. The normalized spacial score (nSPS) is 13.4. The number of halogens is 3. The van der Waals surface area contributed by atoms with E-state index in [0.717, 1.165) is 54.8 Å². The molecule has 2 aromatic carbocycles. The van der Waals surface area contributed by atoms with Crippen LogP contribution in [0.1, 0.15) is 34.3 Å². The molecule has 1 aliphatic heterocycles. The molecule has 9 heteroatoms. The fourth-order valence-electron chi connectivity index (χ4n) is 4.49. The number of benzene rings is 2. The molecule has 0 bridgehead atoms. The number of hydrogen-bond donors (Lipinski definition) is 2. The SMILES string of the molecule is Cc1ccc(C(=O)Nc2cc(C(F)(F)F)ccc2N2CCCC2)cc1Nc1cc(-c2cccnc2)ccn1. The van der Waals surface area contributed by atoms with Gasteiger partial charge in [-0.05, 0) is 79.4 Å². The fraction of sp³-hybridized carbons (Fsp3) is 0.207. The highest BCUT2D eigenvalue weighted by atomic mass is 19.4. The number of rotatable bonds is 6.